The molecule has 20 heavy (non-hydrogen) atoms. The number of carboxylic acid groups (broad SMARTS) is 1. The van der Waals surface area contributed by atoms with Gasteiger partial charge in [0.2, 0.25) is 0 Å². The van der Waals surface area contributed by atoms with E-state index in [2.05, 4.69) is 9.97 Å². The van der Waals surface area contributed by atoms with Crippen molar-refractivity contribution in [2.45, 2.75) is 6.92 Å². The van der Waals surface area contributed by atoms with Crippen molar-refractivity contribution in [2.24, 2.45) is 0 Å². The van der Waals surface area contributed by atoms with E-state index in [1.807, 2.05) is 42.5 Å². The molecule has 4 nitrogen and oxygen atoms in total. The van der Waals surface area contributed by atoms with E-state index < -0.39 is 5.97 Å². The van der Waals surface area contributed by atoms with Crippen molar-refractivity contribution in [1.82, 2.24) is 9.97 Å². The summed E-state index contributed by atoms with van der Waals surface area (Å²) in [7, 11) is 0. The number of fused-ring (bicyclic) bond motifs is 1. The molecule has 2 aromatic carbocycles. The summed E-state index contributed by atoms with van der Waals surface area (Å²) in [6.07, 6.45) is 1.36. The van der Waals surface area contributed by atoms with Crippen molar-refractivity contribution in [3.63, 3.8) is 0 Å². The number of aryl methyl sites for hydroxylation is 1. The number of aromatic nitrogens is 2. The summed E-state index contributed by atoms with van der Waals surface area (Å²) in [5.74, 6) is -0.467. The highest BCUT2D eigenvalue weighted by molar-refractivity contribution is 6.02. The molecule has 1 heterocycles. The Hall–Kier alpha value is -2.75. The lowest BCUT2D eigenvalue weighted by molar-refractivity contribution is 0.0697. The fraction of sp³-hybridized carbons (Fsp3) is 0.0625. The lowest BCUT2D eigenvalue weighted by atomic mass is 9.99. The second kappa shape index (κ2) is 4.74. The number of rotatable bonds is 2. The Kier molecular flexibility index (Phi) is 2.91. The summed E-state index contributed by atoms with van der Waals surface area (Å²) in [6.45, 7) is 1.75. The highest BCUT2D eigenvalue weighted by Crippen LogP contribution is 2.29. The lowest BCUT2D eigenvalue weighted by Crippen LogP contribution is -2.04. The Labute approximate surface area is 115 Å². The minimum Gasteiger partial charge on any atom is -0.478 e. The fourth-order valence-electron chi connectivity index (χ4n) is 2.26. The molecule has 0 spiro atoms. The SMILES string of the molecule is Cc1ncc(C(=O)O)c(-c2cccc3ccccc23)n1. The van der Waals surface area contributed by atoms with Gasteiger partial charge in [-0.1, -0.05) is 42.5 Å². The maximum Gasteiger partial charge on any atom is 0.339 e. The van der Waals surface area contributed by atoms with Gasteiger partial charge in [0, 0.05) is 11.8 Å². The molecular weight excluding hydrogens is 252 g/mol. The largest absolute Gasteiger partial charge is 0.478 e. The maximum absolute atomic E-state index is 11.4. The van der Waals surface area contributed by atoms with Crippen LogP contribution in [0.2, 0.25) is 0 Å². The van der Waals surface area contributed by atoms with Gasteiger partial charge in [0.1, 0.15) is 11.4 Å². The number of hydrogen-bond acceptors (Lipinski definition) is 3. The van der Waals surface area contributed by atoms with Gasteiger partial charge < -0.3 is 5.11 Å². The van der Waals surface area contributed by atoms with Crippen LogP contribution in [0.3, 0.4) is 0 Å². The molecule has 0 saturated heterocycles. The standard InChI is InChI=1S/C16H12N2O2/c1-10-17-9-14(16(19)20)15(18-10)13-8-4-6-11-5-2-3-7-12(11)13/h2-9H,1H3,(H,19,20). The Morgan fingerprint density at radius 3 is 2.65 bits per heavy atom. The van der Waals surface area contributed by atoms with Crippen LogP contribution in [0.4, 0.5) is 0 Å². The van der Waals surface area contributed by atoms with Crippen LogP contribution in [0.5, 0.6) is 0 Å². The molecule has 0 bridgehead atoms. The average Bonchev–Trinajstić information content (AvgIpc) is 2.46. The van der Waals surface area contributed by atoms with Gasteiger partial charge in [0.05, 0.1) is 5.69 Å². The predicted octanol–water partition coefficient (Wildman–Crippen LogP) is 3.30. The predicted molar refractivity (Wildman–Crippen MR) is 76.7 cm³/mol. The van der Waals surface area contributed by atoms with E-state index in [0.717, 1.165) is 16.3 Å². The molecule has 0 aliphatic carbocycles. The van der Waals surface area contributed by atoms with Crippen LogP contribution in [0.1, 0.15) is 16.2 Å². The second-order valence-corrected chi connectivity index (χ2v) is 4.51. The summed E-state index contributed by atoms with van der Waals surface area (Å²) in [5, 5.41) is 11.3. The second-order valence-electron chi connectivity index (χ2n) is 4.51. The van der Waals surface area contributed by atoms with Crippen LogP contribution in [0.15, 0.2) is 48.7 Å². The van der Waals surface area contributed by atoms with Crippen molar-refractivity contribution in [3.8, 4) is 11.3 Å². The zero-order valence-electron chi connectivity index (χ0n) is 10.9. The summed E-state index contributed by atoms with van der Waals surface area (Å²) in [6, 6.07) is 13.6. The van der Waals surface area contributed by atoms with Gasteiger partial charge in [-0.2, -0.15) is 0 Å². The summed E-state index contributed by atoms with van der Waals surface area (Å²) in [5.41, 5.74) is 1.39. The first kappa shape index (κ1) is 12.3. The van der Waals surface area contributed by atoms with Gasteiger partial charge in [0.15, 0.2) is 0 Å². The molecule has 1 aromatic heterocycles. The molecule has 0 saturated carbocycles. The summed E-state index contributed by atoms with van der Waals surface area (Å²) in [4.78, 5) is 19.7. The zero-order chi connectivity index (χ0) is 14.1. The monoisotopic (exact) mass is 264 g/mol. The molecule has 0 unspecified atom stereocenters. The number of carboxylic acids is 1. The van der Waals surface area contributed by atoms with Crippen molar-refractivity contribution < 1.29 is 9.90 Å². The third-order valence-electron chi connectivity index (χ3n) is 3.18. The number of hydrogen-bond donors (Lipinski definition) is 1. The highest BCUT2D eigenvalue weighted by Gasteiger charge is 2.16. The molecule has 0 atom stereocenters. The molecule has 0 radical (unpaired) electrons. The van der Waals surface area contributed by atoms with E-state index in [9.17, 15) is 9.90 Å². The van der Waals surface area contributed by atoms with Crippen molar-refractivity contribution in [2.75, 3.05) is 0 Å². The van der Waals surface area contributed by atoms with Crippen LogP contribution in [-0.2, 0) is 0 Å². The van der Waals surface area contributed by atoms with E-state index in [1.165, 1.54) is 6.20 Å². The highest BCUT2D eigenvalue weighted by atomic mass is 16.4. The van der Waals surface area contributed by atoms with Crippen LogP contribution in [0, 0.1) is 6.92 Å². The summed E-state index contributed by atoms with van der Waals surface area (Å²) < 4.78 is 0. The minimum atomic E-state index is -1.02. The van der Waals surface area contributed by atoms with E-state index in [-0.39, 0.29) is 5.56 Å². The summed E-state index contributed by atoms with van der Waals surface area (Å²) >= 11 is 0. The van der Waals surface area contributed by atoms with Gasteiger partial charge in [-0.25, -0.2) is 14.8 Å². The topological polar surface area (TPSA) is 63.1 Å². The Balaban J connectivity index is 2.36. The van der Waals surface area contributed by atoms with E-state index in [1.54, 1.807) is 6.92 Å². The number of nitrogens with zero attached hydrogens (tertiary/aromatic N) is 2. The molecule has 0 aliphatic rings. The smallest absolute Gasteiger partial charge is 0.339 e. The van der Waals surface area contributed by atoms with Crippen molar-refractivity contribution >= 4 is 16.7 Å². The normalized spacial score (nSPS) is 10.7. The van der Waals surface area contributed by atoms with Gasteiger partial charge in [0.25, 0.3) is 0 Å². The quantitative estimate of drug-likeness (QED) is 0.771. The van der Waals surface area contributed by atoms with Crippen LogP contribution >= 0.6 is 0 Å². The van der Waals surface area contributed by atoms with Gasteiger partial charge in [-0.3, -0.25) is 0 Å². The molecule has 3 aromatic rings. The number of carbonyl (C=O) groups is 1. The van der Waals surface area contributed by atoms with E-state index in [0.29, 0.717) is 11.5 Å². The first-order valence-corrected chi connectivity index (χ1v) is 6.22. The lowest BCUT2D eigenvalue weighted by Gasteiger charge is -2.09. The number of benzene rings is 2. The van der Waals surface area contributed by atoms with Gasteiger partial charge in [-0.15, -0.1) is 0 Å². The average molecular weight is 264 g/mol. The van der Waals surface area contributed by atoms with Gasteiger partial charge in [-0.05, 0) is 17.7 Å². The Morgan fingerprint density at radius 1 is 1.10 bits per heavy atom. The molecule has 0 amide bonds. The fourth-order valence-corrected chi connectivity index (χ4v) is 2.26. The molecule has 4 heteroatoms. The minimum absolute atomic E-state index is 0.118. The number of aromatic carboxylic acids is 1. The van der Waals surface area contributed by atoms with E-state index in [4.69, 9.17) is 0 Å². The molecule has 0 aliphatic heterocycles. The Bertz CT molecular complexity index is 807. The molecule has 3 rings (SSSR count). The van der Waals surface area contributed by atoms with Crippen LogP contribution < -0.4 is 0 Å². The van der Waals surface area contributed by atoms with Crippen molar-refractivity contribution in [1.29, 1.82) is 0 Å². The first-order valence-electron chi connectivity index (χ1n) is 6.22. The molecular formula is C16H12N2O2. The third-order valence-corrected chi connectivity index (χ3v) is 3.18. The Morgan fingerprint density at radius 2 is 1.85 bits per heavy atom. The zero-order valence-corrected chi connectivity index (χ0v) is 10.9. The first-order chi connectivity index (χ1) is 9.66. The molecule has 1 N–H and O–H groups in total. The third kappa shape index (κ3) is 2.01. The van der Waals surface area contributed by atoms with Crippen LogP contribution in [0.25, 0.3) is 22.0 Å². The van der Waals surface area contributed by atoms with E-state index >= 15 is 0 Å². The van der Waals surface area contributed by atoms with Crippen LogP contribution in [-0.4, -0.2) is 21.0 Å². The van der Waals surface area contributed by atoms with Crippen molar-refractivity contribution in [3.05, 3.63) is 60.0 Å². The van der Waals surface area contributed by atoms with Gasteiger partial charge >= 0.3 is 5.97 Å². The maximum atomic E-state index is 11.4. The molecule has 0 fully saturated rings. The molecule has 98 valence electrons.